The third-order valence-electron chi connectivity index (χ3n) is 4.39. The van der Waals surface area contributed by atoms with Crippen LogP contribution in [0.15, 0.2) is 28.8 Å². The van der Waals surface area contributed by atoms with Crippen molar-refractivity contribution in [1.82, 2.24) is 10.1 Å². The molecule has 6 heteroatoms. The molecule has 2 heterocycles. The Kier molecular flexibility index (Phi) is 3.53. The molecular formula is C18H16ClN3O2. The van der Waals surface area contributed by atoms with Gasteiger partial charge in [-0.05, 0) is 50.5 Å². The first-order valence-corrected chi connectivity index (χ1v) is 8.26. The fraction of sp³-hybridized carbons (Fsp3) is 0.278. The topological polar surface area (TPSA) is 68.0 Å². The van der Waals surface area contributed by atoms with E-state index in [4.69, 9.17) is 16.1 Å². The number of halogens is 1. The van der Waals surface area contributed by atoms with Gasteiger partial charge in [0.25, 0.3) is 11.6 Å². The average molecular weight is 342 g/mol. The number of aryl methyl sites for hydroxylation is 1. The number of carbonyl (C=O) groups is 1. The van der Waals surface area contributed by atoms with Crippen molar-refractivity contribution in [3.63, 3.8) is 0 Å². The Labute approximate surface area is 144 Å². The lowest BCUT2D eigenvalue weighted by Crippen LogP contribution is -2.14. The summed E-state index contributed by atoms with van der Waals surface area (Å²) in [5.74, 6) is 0.209. The summed E-state index contributed by atoms with van der Waals surface area (Å²) < 4.78 is 5.29. The Morgan fingerprint density at radius 2 is 2.12 bits per heavy atom. The summed E-state index contributed by atoms with van der Waals surface area (Å²) in [6.45, 7) is 3.69. The first-order valence-electron chi connectivity index (χ1n) is 7.88. The molecule has 0 saturated heterocycles. The second-order valence-electron chi connectivity index (χ2n) is 6.18. The predicted octanol–water partition coefficient (Wildman–Crippen LogP) is 4.62. The second kappa shape index (κ2) is 5.60. The zero-order valence-electron chi connectivity index (χ0n) is 13.4. The summed E-state index contributed by atoms with van der Waals surface area (Å²) in [4.78, 5) is 17.4. The molecular weight excluding hydrogens is 326 g/mol. The normalized spacial score (nSPS) is 14.1. The molecule has 0 radical (unpaired) electrons. The number of rotatable bonds is 3. The number of amides is 1. The number of fused-ring (bicyclic) bond motifs is 1. The van der Waals surface area contributed by atoms with Crippen molar-refractivity contribution < 1.29 is 9.32 Å². The van der Waals surface area contributed by atoms with Crippen LogP contribution in [-0.4, -0.2) is 16.0 Å². The van der Waals surface area contributed by atoms with Gasteiger partial charge >= 0.3 is 0 Å². The largest absolute Gasteiger partial charge is 0.336 e. The van der Waals surface area contributed by atoms with E-state index in [2.05, 4.69) is 15.5 Å². The van der Waals surface area contributed by atoms with Gasteiger partial charge in [-0.2, -0.15) is 0 Å². The van der Waals surface area contributed by atoms with E-state index in [9.17, 15) is 4.79 Å². The van der Waals surface area contributed by atoms with Crippen LogP contribution in [0.3, 0.4) is 0 Å². The molecule has 0 spiro atoms. The van der Waals surface area contributed by atoms with Gasteiger partial charge in [-0.15, -0.1) is 0 Å². The monoisotopic (exact) mass is 341 g/mol. The second-order valence-corrected chi connectivity index (χ2v) is 6.59. The summed E-state index contributed by atoms with van der Waals surface area (Å²) in [6, 6.07) is 7.30. The highest BCUT2D eigenvalue weighted by Gasteiger charge is 2.28. The highest BCUT2D eigenvalue weighted by atomic mass is 35.5. The minimum atomic E-state index is -0.207. The van der Waals surface area contributed by atoms with Crippen molar-refractivity contribution in [3.8, 4) is 0 Å². The summed E-state index contributed by atoms with van der Waals surface area (Å²) >= 11 is 6.13. The fourth-order valence-corrected chi connectivity index (χ4v) is 2.99. The minimum absolute atomic E-state index is 0.207. The molecule has 0 bridgehead atoms. The minimum Gasteiger partial charge on any atom is -0.336 e. The van der Waals surface area contributed by atoms with Gasteiger partial charge in [0.15, 0.2) is 0 Å². The molecule has 24 heavy (non-hydrogen) atoms. The van der Waals surface area contributed by atoms with Crippen LogP contribution in [0, 0.1) is 13.8 Å². The lowest BCUT2D eigenvalue weighted by molar-refractivity contribution is 0.102. The molecule has 1 aromatic carbocycles. The van der Waals surface area contributed by atoms with Crippen LogP contribution in [0.25, 0.3) is 11.1 Å². The zero-order valence-corrected chi connectivity index (χ0v) is 14.1. The highest BCUT2D eigenvalue weighted by molar-refractivity contribution is 6.31. The van der Waals surface area contributed by atoms with Crippen LogP contribution in [0.4, 0.5) is 5.69 Å². The van der Waals surface area contributed by atoms with E-state index in [1.54, 1.807) is 6.07 Å². The van der Waals surface area contributed by atoms with E-state index >= 15 is 0 Å². The van der Waals surface area contributed by atoms with Gasteiger partial charge in [0.2, 0.25) is 0 Å². The maximum absolute atomic E-state index is 12.9. The number of anilines is 1. The lowest BCUT2D eigenvalue weighted by atomic mass is 10.1. The van der Waals surface area contributed by atoms with Crippen LogP contribution in [0.2, 0.25) is 5.02 Å². The third-order valence-corrected chi connectivity index (χ3v) is 4.80. The van der Waals surface area contributed by atoms with Gasteiger partial charge in [0.05, 0.1) is 16.6 Å². The quantitative estimate of drug-likeness (QED) is 0.754. The smallest absolute Gasteiger partial charge is 0.259 e. The molecule has 1 saturated carbocycles. The molecule has 0 unspecified atom stereocenters. The van der Waals surface area contributed by atoms with Crippen molar-refractivity contribution in [1.29, 1.82) is 0 Å². The first-order chi connectivity index (χ1) is 11.5. The molecule has 1 N–H and O–H groups in total. The third kappa shape index (κ3) is 2.55. The zero-order chi connectivity index (χ0) is 16.8. The molecule has 2 aromatic heterocycles. The molecule has 122 valence electrons. The van der Waals surface area contributed by atoms with Crippen molar-refractivity contribution in [2.24, 2.45) is 0 Å². The van der Waals surface area contributed by atoms with Crippen LogP contribution in [0.5, 0.6) is 0 Å². The van der Waals surface area contributed by atoms with E-state index in [0.717, 1.165) is 24.1 Å². The van der Waals surface area contributed by atoms with E-state index in [1.807, 2.05) is 32.0 Å². The number of aromatic nitrogens is 2. The van der Waals surface area contributed by atoms with Gasteiger partial charge in [-0.1, -0.05) is 22.8 Å². The Morgan fingerprint density at radius 1 is 1.33 bits per heavy atom. The molecule has 1 amide bonds. The van der Waals surface area contributed by atoms with E-state index in [1.165, 1.54) is 0 Å². The number of hydrogen-bond acceptors (Lipinski definition) is 4. The van der Waals surface area contributed by atoms with Gasteiger partial charge in [-0.3, -0.25) is 4.79 Å². The number of benzene rings is 1. The Bertz CT molecular complexity index is 960. The Morgan fingerprint density at radius 3 is 2.88 bits per heavy atom. The summed E-state index contributed by atoms with van der Waals surface area (Å²) in [7, 11) is 0. The molecule has 0 aliphatic heterocycles. The van der Waals surface area contributed by atoms with Gasteiger partial charge in [0.1, 0.15) is 0 Å². The summed E-state index contributed by atoms with van der Waals surface area (Å²) in [5.41, 5.74) is 4.05. The number of hydrogen-bond donors (Lipinski definition) is 1. The summed E-state index contributed by atoms with van der Waals surface area (Å²) in [6.07, 6.45) is 2.19. The van der Waals surface area contributed by atoms with Crippen molar-refractivity contribution >= 4 is 34.3 Å². The Balaban J connectivity index is 1.78. The van der Waals surface area contributed by atoms with Crippen molar-refractivity contribution in [3.05, 3.63) is 51.8 Å². The predicted molar refractivity (Wildman–Crippen MR) is 92.7 cm³/mol. The molecule has 3 aromatic rings. The average Bonchev–Trinajstić information content (AvgIpc) is 3.35. The fourth-order valence-electron chi connectivity index (χ4n) is 2.81. The van der Waals surface area contributed by atoms with Gasteiger partial charge < -0.3 is 9.84 Å². The Hall–Kier alpha value is -2.40. The molecule has 5 nitrogen and oxygen atoms in total. The number of nitrogens with zero attached hydrogens (tertiary/aromatic N) is 2. The molecule has 1 aliphatic rings. The SMILES string of the molecule is Cc1c(Cl)cccc1NC(=O)c1cc(C2CC2)nc2onc(C)c12. The van der Waals surface area contributed by atoms with E-state index in [0.29, 0.717) is 39.0 Å². The standard InChI is InChI=1S/C18H16ClN3O2/c1-9-13(19)4-3-5-14(9)20-17(23)12-8-15(11-6-7-11)21-18-16(12)10(2)22-24-18/h3-5,8,11H,6-7H2,1-2H3,(H,20,23). The van der Waals surface area contributed by atoms with Crippen LogP contribution in [0.1, 0.15) is 46.1 Å². The molecule has 4 rings (SSSR count). The first kappa shape index (κ1) is 15.1. The van der Waals surface area contributed by atoms with Crippen molar-refractivity contribution in [2.45, 2.75) is 32.6 Å². The van der Waals surface area contributed by atoms with Crippen LogP contribution < -0.4 is 5.32 Å². The number of pyridine rings is 1. The van der Waals surface area contributed by atoms with E-state index < -0.39 is 0 Å². The van der Waals surface area contributed by atoms with Crippen molar-refractivity contribution in [2.75, 3.05) is 5.32 Å². The van der Waals surface area contributed by atoms with Gasteiger partial charge in [-0.25, -0.2) is 4.98 Å². The molecule has 1 aliphatic carbocycles. The summed E-state index contributed by atoms with van der Waals surface area (Å²) in [5, 5.41) is 8.18. The van der Waals surface area contributed by atoms with E-state index in [-0.39, 0.29) is 5.91 Å². The maximum atomic E-state index is 12.9. The number of carbonyl (C=O) groups excluding carboxylic acids is 1. The molecule has 0 atom stereocenters. The van der Waals surface area contributed by atoms with Crippen LogP contribution in [-0.2, 0) is 0 Å². The van der Waals surface area contributed by atoms with Crippen LogP contribution >= 0.6 is 11.6 Å². The molecule has 1 fully saturated rings. The lowest BCUT2D eigenvalue weighted by Gasteiger charge is -2.11. The van der Waals surface area contributed by atoms with Gasteiger partial charge in [0, 0.05) is 22.3 Å². The number of nitrogens with one attached hydrogen (secondary N) is 1. The highest BCUT2D eigenvalue weighted by Crippen LogP contribution is 2.40. The maximum Gasteiger partial charge on any atom is 0.259 e.